The molecule has 0 heterocycles. The van der Waals surface area contributed by atoms with Gasteiger partial charge in [-0.05, 0) is 43.9 Å². The molecule has 0 saturated heterocycles. The van der Waals surface area contributed by atoms with E-state index in [0.29, 0.717) is 32.1 Å². The number of allylic oxidation sites excluding steroid dienone is 2. The first-order chi connectivity index (χ1) is 13.4. The summed E-state index contributed by atoms with van der Waals surface area (Å²) < 4.78 is 0. The molecule has 28 heavy (non-hydrogen) atoms. The van der Waals surface area contributed by atoms with Gasteiger partial charge in [0.1, 0.15) is 0 Å². The van der Waals surface area contributed by atoms with Crippen LogP contribution in [0.2, 0.25) is 0 Å². The minimum Gasteiger partial charge on any atom is -0.481 e. The van der Waals surface area contributed by atoms with Crippen molar-refractivity contribution in [1.29, 1.82) is 0 Å². The van der Waals surface area contributed by atoms with Crippen LogP contribution in [0.15, 0.2) is 12.2 Å². The zero-order valence-electron chi connectivity index (χ0n) is 17.3. The summed E-state index contributed by atoms with van der Waals surface area (Å²) in [7, 11) is 0. The molecule has 0 bridgehead atoms. The van der Waals surface area contributed by atoms with Crippen molar-refractivity contribution in [3.8, 4) is 0 Å². The minimum atomic E-state index is -1.17. The summed E-state index contributed by atoms with van der Waals surface area (Å²) in [5, 5.41) is 40.3. The topological polar surface area (TPSA) is 98.0 Å². The molecular formula is C23H40O5. The molecular weight excluding hydrogens is 356 g/mol. The Bertz CT molecular complexity index is 485. The number of unbranched alkanes of at least 4 members (excludes halogenated alkanes) is 2. The van der Waals surface area contributed by atoms with Crippen molar-refractivity contribution in [3.63, 3.8) is 0 Å². The molecule has 0 spiro atoms. The average molecular weight is 397 g/mol. The third kappa shape index (κ3) is 7.84. The van der Waals surface area contributed by atoms with Crippen LogP contribution < -0.4 is 0 Å². The molecule has 0 aromatic heterocycles. The summed E-state index contributed by atoms with van der Waals surface area (Å²) in [6, 6.07) is 0. The van der Waals surface area contributed by atoms with Gasteiger partial charge in [-0.2, -0.15) is 0 Å². The van der Waals surface area contributed by atoms with E-state index in [0.717, 1.165) is 18.8 Å². The fraction of sp³-hybridized carbons (Fsp3) is 0.870. The zero-order valence-corrected chi connectivity index (χ0v) is 17.3. The molecule has 2 fully saturated rings. The largest absolute Gasteiger partial charge is 0.481 e. The van der Waals surface area contributed by atoms with Crippen molar-refractivity contribution in [2.24, 2.45) is 11.8 Å². The second kappa shape index (κ2) is 11.9. The van der Waals surface area contributed by atoms with Gasteiger partial charge in [-0.1, -0.05) is 63.5 Å². The first-order valence-corrected chi connectivity index (χ1v) is 11.4. The number of carboxylic acid groups (broad SMARTS) is 1. The van der Waals surface area contributed by atoms with Gasteiger partial charge in [-0.3, -0.25) is 4.79 Å². The predicted molar refractivity (Wildman–Crippen MR) is 110 cm³/mol. The summed E-state index contributed by atoms with van der Waals surface area (Å²) in [5.41, 5.74) is -1.17. The second-order valence-corrected chi connectivity index (χ2v) is 9.14. The minimum absolute atomic E-state index is 0.0439. The molecule has 2 aliphatic rings. The van der Waals surface area contributed by atoms with Gasteiger partial charge in [-0.15, -0.1) is 0 Å². The Kier molecular flexibility index (Phi) is 9.96. The van der Waals surface area contributed by atoms with Crippen molar-refractivity contribution in [3.05, 3.63) is 12.2 Å². The number of aliphatic hydroxyl groups is 3. The molecule has 4 atom stereocenters. The summed E-state index contributed by atoms with van der Waals surface area (Å²) >= 11 is 0. The lowest BCUT2D eigenvalue weighted by molar-refractivity contribution is -0.137. The van der Waals surface area contributed by atoms with Crippen LogP contribution in [0.25, 0.3) is 0 Å². The molecule has 2 aliphatic carbocycles. The molecule has 162 valence electrons. The fourth-order valence-corrected chi connectivity index (χ4v) is 4.99. The van der Waals surface area contributed by atoms with Gasteiger partial charge in [0.25, 0.3) is 0 Å². The molecule has 0 aromatic rings. The maximum atomic E-state index is 10.9. The van der Waals surface area contributed by atoms with Gasteiger partial charge in [0.05, 0.1) is 17.8 Å². The Morgan fingerprint density at radius 2 is 1.82 bits per heavy atom. The molecule has 4 N–H and O–H groups in total. The predicted octanol–water partition coefficient (Wildman–Crippen LogP) is 4.19. The number of aliphatic hydroxyl groups excluding tert-OH is 2. The number of hydrogen-bond acceptors (Lipinski definition) is 4. The van der Waals surface area contributed by atoms with Crippen LogP contribution in [-0.4, -0.2) is 44.2 Å². The van der Waals surface area contributed by atoms with Gasteiger partial charge in [0.15, 0.2) is 0 Å². The summed E-state index contributed by atoms with van der Waals surface area (Å²) in [6.45, 7) is 0. The van der Waals surface area contributed by atoms with Crippen molar-refractivity contribution >= 4 is 5.97 Å². The Morgan fingerprint density at radius 3 is 2.54 bits per heavy atom. The smallest absolute Gasteiger partial charge is 0.303 e. The summed E-state index contributed by atoms with van der Waals surface area (Å²) in [6.07, 6.45) is 16.1. The maximum absolute atomic E-state index is 10.9. The van der Waals surface area contributed by atoms with Crippen molar-refractivity contribution in [2.45, 2.75) is 114 Å². The van der Waals surface area contributed by atoms with Gasteiger partial charge in [0.2, 0.25) is 0 Å². The third-order valence-corrected chi connectivity index (χ3v) is 6.77. The van der Waals surface area contributed by atoms with E-state index < -0.39 is 23.8 Å². The first kappa shape index (κ1) is 23.4. The molecule has 0 radical (unpaired) electrons. The van der Waals surface area contributed by atoms with Crippen LogP contribution in [0, 0.1) is 11.8 Å². The standard InChI is InChI=1S/C23H40O5/c24-20-17-23(28,16-19(20)13-6-1-2-7-15-22(26)27)21(25)14-9-8-12-18-10-4-3-5-11-18/h1,6,18-21,24-25,28H,2-5,7-17H2,(H,26,27)/b6-1-/t19-,20+,21+,23+/m0/s1. The quantitative estimate of drug-likeness (QED) is 0.293. The number of rotatable bonds is 12. The van der Waals surface area contributed by atoms with E-state index in [4.69, 9.17) is 5.11 Å². The van der Waals surface area contributed by atoms with Gasteiger partial charge in [-0.25, -0.2) is 0 Å². The van der Waals surface area contributed by atoms with Crippen LogP contribution in [0.4, 0.5) is 0 Å². The molecule has 5 nitrogen and oxygen atoms in total. The lowest BCUT2D eigenvalue weighted by atomic mass is 9.84. The highest BCUT2D eigenvalue weighted by Gasteiger charge is 2.47. The van der Waals surface area contributed by atoms with Gasteiger partial charge < -0.3 is 20.4 Å². The SMILES string of the molecule is O=C(O)CCC/C=C\C[C@H]1C[C@](O)([C@H](O)CCCCC2CCCCC2)C[C@H]1O. The highest BCUT2D eigenvalue weighted by molar-refractivity contribution is 5.66. The third-order valence-electron chi connectivity index (χ3n) is 6.77. The molecule has 0 aliphatic heterocycles. The van der Waals surface area contributed by atoms with Crippen LogP contribution in [0.5, 0.6) is 0 Å². The van der Waals surface area contributed by atoms with E-state index in [9.17, 15) is 20.1 Å². The van der Waals surface area contributed by atoms with Gasteiger partial charge >= 0.3 is 5.97 Å². The van der Waals surface area contributed by atoms with E-state index in [-0.39, 0.29) is 18.8 Å². The van der Waals surface area contributed by atoms with Crippen molar-refractivity contribution in [2.75, 3.05) is 0 Å². The zero-order chi connectivity index (χ0) is 20.4. The molecule has 0 amide bonds. The molecule has 0 aromatic carbocycles. The van der Waals surface area contributed by atoms with E-state index >= 15 is 0 Å². The summed E-state index contributed by atoms with van der Waals surface area (Å²) in [4.78, 5) is 10.5. The normalized spacial score (nSPS) is 30.1. The molecule has 2 saturated carbocycles. The lowest BCUT2D eigenvalue weighted by Crippen LogP contribution is -2.40. The molecule has 0 unspecified atom stereocenters. The van der Waals surface area contributed by atoms with Gasteiger partial charge in [0, 0.05) is 12.8 Å². The van der Waals surface area contributed by atoms with Crippen molar-refractivity contribution in [1.82, 2.24) is 0 Å². The number of hydrogen-bond donors (Lipinski definition) is 4. The average Bonchev–Trinajstić information content (AvgIpc) is 2.97. The lowest BCUT2D eigenvalue weighted by Gasteiger charge is -2.29. The highest BCUT2D eigenvalue weighted by Crippen LogP contribution is 2.40. The first-order valence-electron chi connectivity index (χ1n) is 11.4. The Balaban J connectivity index is 1.65. The Hall–Kier alpha value is -0.910. The monoisotopic (exact) mass is 396 g/mol. The van der Waals surface area contributed by atoms with Crippen molar-refractivity contribution < 1.29 is 25.2 Å². The Labute approximate surface area is 169 Å². The van der Waals surface area contributed by atoms with E-state index in [1.54, 1.807) is 0 Å². The number of carboxylic acids is 1. The van der Waals surface area contributed by atoms with Crippen LogP contribution in [0.1, 0.15) is 96.3 Å². The molecule has 5 heteroatoms. The highest BCUT2D eigenvalue weighted by atomic mass is 16.4. The summed E-state index contributed by atoms with van der Waals surface area (Å²) in [5.74, 6) is 0.0315. The van der Waals surface area contributed by atoms with E-state index in [1.807, 2.05) is 12.2 Å². The number of carbonyl (C=O) groups is 1. The van der Waals surface area contributed by atoms with Crippen LogP contribution in [-0.2, 0) is 4.79 Å². The number of aliphatic carboxylic acids is 1. The van der Waals surface area contributed by atoms with E-state index in [2.05, 4.69) is 0 Å². The fourth-order valence-electron chi connectivity index (χ4n) is 4.99. The molecule has 2 rings (SSSR count). The second-order valence-electron chi connectivity index (χ2n) is 9.14. The van der Waals surface area contributed by atoms with Crippen LogP contribution >= 0.6 is 0 Å². The Morgan fingerprint density at radius 1 is 1.07 bits per heavy atom. The van der Waals surface area contributed by atoms with Crippen LogP contribution in [0.3, 0.4) is 0 Å². The maximum Gasteiger partial charge on any atom is 0.303 e. The van der Waals surface area contributed by atoms with E-state index in [1.165, 1.54) is 38.5 Å².